The SMILES string of the molecule is C[N+](C)(C)C1[N+](C)(C)CCC[N+]1(C)C. The van der Waals surface area contributed by atoms with Crippen molar-refractivity contribution < 1.29 is 13.4 Å². The third-order valence-corrected chi connectivity index (χ3v) is 3.41. The lowest BCUT2D eigenvalue weighted by Gasteiger charge is -2.53. The lowest BCUT2D eigenvalue weighted by atomic mass is 10.2. The Labute approximate surface area is 89.3 Å². The average Bonchev–Trinajstić information content (AvgIpc) is 1.76. The largest absolute Gasteiger partial charge is 0.342 e. The van der Waals surface area contributed by atoms with Crippen molar-refractivity contribution in [1.82, 2.24) is 0 Å². The summed E-state index contributed by atoms with van der Waals surface area (Å²) in [5.74, 6) is 0. The van der Waals surface area contributed by atoms with Crippen molar-refractivity contribution in [3.8, 4) is 0 Å². The summed E-state index contributed by atoms with van der Waals surface area (Å²) in [5, 5.41) is 0. The molecule has 84 valence electrons. The molecule has 1 aliphatic heterocycles. The van der Waals surface area contributed by atoms with Crippen molar-refractivity contribution in [3.05, 3.63) is 0 Å². The summed E-state index contributed by atoms with van der Waals surface area (Å²) >= 11 is 0. The Morgan fingerprint density at radius 2 is 1.21 bits per heavy atom. The second-order valence-electron chi connectivity index (χ2n) is 6.82. The Kier molecular flexibility index (Phi) is 2.72. The van der Waals surface area contributed by atoms with Gasteiger partial charge in [0.05, 0.1) is 62.4 Å². The van der Waals surface area contributed by atoms with Crippen molar-refractivity contribution in [2.24, 2.45) is 0 Å². The van der Waals surface area contributed by atoms with Crippen LogP contribution in [0.3, 0.4) is 0 Å². The van der Waals surface area contributed by atoms with E-state index in [-0.39, 0.29) is 0 Å². The van der Waals surface area contributed by atoms with Crippen LogP contribution in [0, 0.1) is 0 Å². The van der Waals surface area contributed by atoms with Gasteiger partial charge in [-0.1, -0.05) is 0 Å². The first-order valence-corrected chi connectivity index (χ1v) is 5.54. The van der Waals surface area contributed by atoms with E-state index < -0.39 is 0 Å². The molecule has 0 atom stereocenters. The van der Waals surface area contributed by atoms with Crippen molar-refractivity contribution in [2.75, 3.05) is 62.4 Å². The van der Waals surface area contributed by atoms with E-state index >= 15 is 0 Å². The highest BCUT2D eigenvalue weighted by Gasteiger charge is 2.53. The van der Waals surface area contributed by atoms with Crippen LogP contribution in [-0.4, -0.2) is 82.2 Å². The molecule has 3 heteroatoms. The fourth-order valence-corrected chi connectivity index (χ4v) is 3.84. The first-order valence-electron chi connectivity index (χ1n) is 5.54. The Hall–Kier alpha value is -0.120. The molecule has 0 aromatic rings. The van der Waals surface area contributed by atoms with E-state index in [1.807, 2.05) is 0 Å². The van der Waals surface area contributed by atoms with Gasteiger partial charge in [0.15, 0.2) is 0 Å². The van der Waals surface area contributed by atoms with Crippen LogP contribution in [0.25, 0.3) is 0 Å². The molecule has 14 heavy (non-hydrogen) atoms. The van der Waals surface area contributed by atoms with Crippen molar-refractivity contribution >= 4 is 0 Å². The molecule has 1 heterocycles. The second-order valence-corrected chi connectivity index (χ2v) is 6.82. The third-order valence-electron chi connectivity index (χ3n) is 3.41. The predicted molar refractivity (Wildman–Crippen MR) is 60.4 cm³/mol. The van der Waals surface area contributed by atoms with Crippen LogP contribution in [0.5, 0.6) is 0 Å². The van der Waals surface area contributed by atoms with Gasteiger partial charge < -0.3 is 0 Å². The standard InChI is InChI=1S/C11H28N3/c1-12(2,3)11-13(4,5)9-8-10-14(11,6)7/h11H,8-10H2,1-7H3/q+3. The van der Waals surface area contributed by atoms with Crippen LogP contribution in [-0.2, 0) is 0 Å². The van der Waals surface area contributed by atoms with E-state index in [0.717, 1.165) is 13.4 Å². The van der Waals surface area contributed by atoms with Crippen molar-refractivity contribution in [3.63, 3.8) is 0 Å². The molecule has 1 saturated heterocycles. The minimum Gasteiger partial charge on any atom is -0.232 e. The van der Waals surface area contributed by atoms with Gasteiger partial charge >= 0.3 is 6.29 Å². The summed E-state index contributed by atoms with van der Waals surface area (Å²) in [5.41, 5.74) is 0. The highest BCUT2D eigenvalue weighted by Crippen LogP contribution is 2.27. The molecule has 1 aliphatic rings. The molecular weight excluding hydrogens is 174 g/mol. The lowest BCUT2D eigenvalue weighted by molar-refractivity contribution is -1.26. The highest BCUT2D eigenvalue weighted by molar-refractivity contribution is 4.46. The summed E-state index contributed by atoms with van der Waals surface area (Å²) in [4.78, 5) is 0. The topological polar surface area (TPSA) is 0 Å². The minimum absolute atomic E-state index is 0.642. The highest BCUT2D eigenvalue weighted by atomic mass is 15.7. The molecule has 0 radical (unpaired) electrons. The zero-order valence-corrected chi connectivity index (χ0v) is 11.0. The van der Waals surface area contributed by atoms with Gasteiger partial charge in [-0.2, -0.15) is 0 Å². The first-order chi connectivity index (χ1) is 6.07. The van der Waals surface area contributed by atoms with Crippen LogP contribution < -0.4 is 0 Å². The number of hydrogen-bond donors (Lipinski definition) is 0. The van der Waals surface area contributed by atoms with E-state index in [2.05, 4.69) is 49.3 Å². The number of hydrogen-bond acceptors (Lipinski definition) is 0. The van der Waals surface area contributed by atoms with Gasteiger partial charge in [0.25, 0.3) is 0 Å². The summed E-state index contributed by atoms with van der Waals surface area (Å²) in [7, 11) is 16.4. The van der Waals surface area contributed by atoms with Gasteiger partial charge in [0, 0.05) is 6.42 Å². The zero-order valence-electron chi connectivity index (χ0n) is 11.0. The molecule has 0 N–H and O–H groups in total. The zero-order chi connectivity index (χ0) is 11.2. The van der Waals surface area contributed by atoms with Crippen LogP contribution in [0.4, 0.5) is 0 Å². The van der Waals surface area contributed by atoms with Crippen LogP contribution >= 0.6 is 0 Å². The minimum atomic E-state index is 0.642. The Balaban J connectivity index is 3.04. The first kappa shape index (κ1) is 12.0. The van der Waals surface area contributed by atoms with Crippen LogP contribution in [0.15, 0.2) is 0 Å². The molecule has 0 amide bonds. The molecule has 0 spiro atoms. The molecule has 3 nitrogen and oxygen atoms in total. The van der Waals surface area contributed by atoms with Gasteiger partial charge in [-0.15, -0.1) is 0 Å². The average molecular weight is 202 g/mol. The van der Waals surface area contributed by atoms with E-state index in [1.165, 1.54) is 19.5 Å². The molecule has 0 unspecified atom stereocenters. The Morgan fingerprint density at radius 1 is 0.857 bits per heavy atom. The van der Waals surface area contributed by atoms with Crippen molar-refractivity contribution in [1.29, 1.82) is 0 Å². The fourth-order valence-electron chi connectivity index (χ4n) is 3.84. The summed E-state index contributed by atoms with van der Waals surface area (Å²) < 4.78 is 3.31. The number of quaternary nitrogens is 3. The second kappa shape index (κ2) is 3.19. The maximum absolute atomic E-state index is 2.37. The summed E-state index contributed by atoms with van der Waals surface area (Å²) in [6, 6.07) is 0. The monoisotopic (exact) mass is 202 g/mol. The molecule has 0 saturated carbocycles. The van der Waals surface area contributed by atoms with E-state index in [9.17, 15) is 0 Å². The molecule has 1 fully saturated rings. The number of rotatable bonds is 1. The quantitative estimate of drug-likeness (QED) is 0.544. The molecule has 0 aromatic heterocycles. The maximum atomic E-state index is 2.37. The lowest BCUT2D eigenvalue weighted by Crippen LogP contribution is -2.77. The van der Waals surface area contributed by atoms with Crippen LogP contribution in [0.2, 0.25) is 0 Å². The van der Waals surface area contributed by atoms with Gasteiger partial charge in [-0.05, 0) is 0 Å². The smallest absolute Gasteiger partial charge is 0.232 e. The fraction of sp³-hybridized carbons (Fsp3) is 1.00. The Bertz CT molecular complexity index is 197. The van der Waals surface area contributed by atoms with E-state index in [4.69, 9.17) is 0 Å². The molecule has 0 bridgehead atoms. The van der Waals surface area contributed by atoms with Gasteiger partial charge in [0.2, 0.25) is 0 Å². The van der Waals surface area contributed by atoms with E-state index in [0.29, 0.717) is 6.29 Å². The van der Waals surface area contributed by atoms with Crippen molar-refractivity contribution in [2.45, 2.75) is 12.7 Å². The number of nitrogens with zero attached hydrogens (tertiary/aromatic N) is 3. The maximum Gasteiger partial charge on any atom is 0.342 e. The van der Waals surface area contributed by atoms with Gasteiger partial charge in [0.1, 0.15) is 0 Å². The van der Waals surface area contributed by atoms with E-state index in [1.54, 1.807) is 0 Å². The van der Waals surface area contributed by atoms with Gasteiger partial charge in [-0.3, -0.25) is 0 Å². The molecule has 1 rings (SSSR count). The summed E-state index contributed by atoms with van der Waals surface area (Å²) in [6.07, 6.45) is 1.99. The molecule has 0 aliphatic carbocycles. The Morgan fingerprint density at radius 3 is 1.43 bits per heavy atom. The molecule has 0 aromatic carbocycles. The third kappa shape index (κ3) is 2.10. The summed E-state index contributed by atoms with van der Waals surface area (Å²) in [6.45, 7) is 2.61. The predicted octanol–water partition coefficient (Wildman–Crippen LogP) is 0.533. The normalized spacial score (nSPS) is 27.6. The van der Waals surface area contributed by atoms with Crippen LogP contribution in [0.1, 0.15) is 6.42 Å². The van der Waals surface area contributed by atoms with Gasteiger partial charge in [-0.25, -0.2) is 13.4 Å². The molecular formula is C11H28N3+3.